The number of hydrogen-bond acceptors (Lipinski definition) is 6. The van der Waals surface area contributed by atoms with Crippen LogP contribution in [-0.4, -0.2) is 28.2 Å². The maximum Gasteiger partial charge on any atom is 0.263 e. The highest BCUT2D eigenvalue weighted by Crippen LogP contribution is 2.32. The zero-order chi connectivity index (χ0) is 19.0. The minimum absolute atomic E-state index is 0.348. The Bertz CT molecular complexity index is 1050. The number of aromatic nitrogens is 2. The summed E-state index contributed by atoms with van der Waals surface area (Å²) >= 11 is 1.36. The Kier molecular flexibility index (Phi) is 4.73. The number of fused-ring (bicyclic) bond motifs is 1. The second kappa shape index (κ2) is 6.84. The number of hydrogen-bond donors (Lipinski definition) is 0. The van der Waals surface area contributed by atoms with E-state index in [9.17, 15) is 14.4 Å². The van der Waals surface area contributed by atoms with Crippen molar-refractivity contribution in [3.05, 3.63) is 45.8 Å². The molecule has 26 heavy (non-hydrogen) atoms. The molecule has 0 bridgehead atoms. The summed E-state index contributed by atoms with van der Waals surface area (Å²) < 4.78 is 6.37. The second-order valence-electron chi connectivity index (χ2n) is 6.02. The molecule has 0 spiro atoms. The molecule has 3 rings (SSSR count). The first-order chi connectivity index (χ1) is 12.3. The Labute approximate surface area is 154 Å². The van der Waals surface area contributed by atoms with Crippen molar-refractivity contribution in [2.24, 2.45) is 0 Å². The third-order valence-corrected chi connectivity index (χ3v) is 5.12. The topological polar surface area (TPSA) is 78.3 Å². The quantitative estimate of drug-likeness (QED) is 0.645. The predicted octanol–water partition coefficient (Wildman–Crippen LogP) is 3.16. The first-order valence-corrected chi connectivity index (χ1v) is 8.88. The fourth-order valence-electron chi connectivity index (χ4n) is 3.04. The van der Waals surface area contributed by atoms with Gasteiger partial charge in [-0.1, -0.05) is 12.1 Å². The van der Waals surface area contributed by atoms with E-state index >= 15 is 0 Å². The molecule has 1 aromatic carbocycles. The number of nitrogens with zero attached hydrogens (tertiary/aromatic N) is 2. The third kappa shape index (κ3) is 2.94. The van der Waals surface area contributed by atoms with E-state index in [4.69, 9.17) is 4.74 Å². The highest BCUT2D eigenvalue weighted by molar-refractivity contribution is 7.17. The summed E-state index contributed by atoms with van der Waals surface area (Å²) in [5.74, 6) is 0.295. The monoisotopic (exact) mass is 370 g/mol. The van der Waals surface area contributed by atoms with E-state index < -0.39 is 6.04 Å². The number of carbonyl (C=O) groups excluding carboxylic acids is 2. The van der Waals surface area contributed by atoms with Gasteiger partial charge in [0.25, 0.3) is 5.56 Å². The van der Waals surface area contributed by atoms with Gasteiger partial charge in [0.15, 0.2) is 17.6 Å². The van der Waals surface area contributed by atoms with Crippen LogP contribution in [0.5, 0.6) is 5.75 Å². The number of ether oxygens (including phenoxy) is 1. The number of methoxy groups -OCH3 is 1. The molecule has 0 saturated heterocycles. The molecule has 6 nitrogen and oxygen atoms in total. The van der Waals surface area contributed by atoms with Gasteiger partial charge in [-0.25, -0.2) is 4.98 Å². The summed E-state index contributed by atoms with van der Waals surface area (Å²) in [6, 6.07) is 6.19. The van der Waals surface area contributed by atoms with Gasteiger partial charge in [0.2, 0.25) is 0 Å². The molecule has 0 fully saturated rings. The highest BCUT2D eigenvalue weighted by atomic mass is 32.1. The number of thiophene rings is 1. The van der Waals surface area contributed by atoms with Crippen LogP contribution in [0, 0.1) is 6.92 Å². The molecule has 0 aliphatic rings. The molecule has 2 heterocycles. The Morgan fingerprint density at radius 1 is 1.15 bits per heavy atom. The summed E-state index contributed by atoms with van der Waals surface area (Å²) in [7, 11) is 1.59. The molecule has 0 atom stereocenters. The van der Waals surface area contributed by atoms with Crippen molar-refractivity contribution in [3.63, 3.8) is 0 Å². The fourth-order valence-corrected chi connectivity index (χ4v) is 4.03. The maximum atomic E-state index is 13.2. The molecular weight excluding hydrogens is 352 g/mol. The van der Waals surface area contributed by atoms with Crippen LogP contribution in [0.3, 0.4) is 0 Å². The van der Waals surface area contributed by atoms with Gasteiger partial charge in [-0.15, -0.1) is 11.3 Å². The number of rotatable bonds is 5. The lowest BCUT2D eigenvalue weighted by molar-refractivity contribution is -0.129. The lowest BCUT2D eigenvalue weighted by atomic mass is 10.1. The molecule has 0 unspecified atom stereocenters. The number of carbonyl (C=O) groups is 2. The molecule has 0 amide bonds. The van der Waals surface area contributed by atoms with Gasteiger partial charge in [-0.3, -0.25) is 19.0 Å². The molecule has 0 radical (unpaired) electrons. The third-order valence-electron chi connectivity index (χ3n) is 4.25. The molecule has 134 valence electrons. The molecule has 0 aliphatic carbocycles. The van der Waals surface area contributed by atoms with Crippen LogP contribution in [-0.2, 0) is 9.59 Å². The lowest BCUT2D eigenvalue weighted by Crippen LogP contribution is -2.35. The van der Waals surface area contributed by atoms with Crippen molar-refractivity contribution in [2.45, 2.75) is 26.8 Å². The van der Waals surface area contributed by atoms with Gasteiger partial charge in [0.1, 0.15) is 16.4 Å². The van der Waals surface area contributed by atoms with Crippen LogP contribution in [0.4, 0.5) is 0 Å². The largest absolute Gasteiger partial charge is 0.497 e. The fraction of sp³-hybridized carbons (Fsp3) is 0.263. The number of Topliss-reactive ketones (excluding diaryl/α,β-unsaturated/α-hetero) is 2. The van der Waals surface area contributed by atoms with Gasteiger partial charge < -0.3 is 4.74 Å². The van der Waals surface area contributed by atoms with E-state index in [0.29, 0.717) is 21.8 Å². The molecule has 2 aromatic heterocycles. The molecule has 0 saturated carbocycles. The van der Waals surface area contributed by atoms with Gasteiger partial charge in [0.05, 0.1) is 12.5 Å². The zero-order valence-electron chi connectivity index (χ0n) is 14.9. The number of benzene rings is 1. The van der Waals surface area contributed by atoms with Crippen LogP contribution in [0.1, 0.15) is 25.7 Å². The van der Waals surface area contributed by atoms with E-state index in [2.05, 4.69) is 4.98 Å². The van der Waals surface area contributed by atoms with Crippen LogP contribution in [0.15, 0.2) is 34.4 Å². The van der Waals surface area contributed by atoms with Crippen LogP contribution in [0.25, 0.3) is 21.3 Å². The first kappa shape index (κ1) is 18.0. The molecule has 7 heteroatoms. The highest BCUT2D eigenvalue weighted by Gasteiger charge is 2.27. The summed E-state index contributed by atoms with van der Waals surface area (Å²) in [6.45, 7) is 4.24. The SMILES string of the molecule is COc1ccc(-c2csc3nc(C)n(C(C(C)=O)C(C)=O)c(=O)c23)cc1. The van der Waals surface area contributed by atoms with Gasteiger partial charge in [0, 0.05) is 10.9 Å². The van der Waals surface area contributed by atoms with Gasteiger partial charge in [-0.2, -0.15) is 0 Å². The lowest BCUT2D eigenvalue weighted by Gasteiger charge is -2.16. The Balaban J connectivity index is 2.29. The number of ketones is 2. The maximum absolute atomic E-state index is 13.2. The minimum atomic E-state index is -1.15. The standard InChI is InChI=1S/C19H18N2O4S/c1-10(22)17(11(2)23)21-12(3)20-18-16(19(21)24)15(9-26-18)13-5-7-14(25-4)8-6-13/h5-9,17H,1-4H3. The smallest absolute Gasteiger partial charge is 0.263 e. The zero-order valence-corrected chi connectivity index (χ0v) is 15.7. The van der Waals surface area contributed by atoms with Crippen molar-refractivity contribution < 1.29 is 14.3 Å². The van der Waals surface area contributed by atoms with E-state index in [1.165, 1.54) is 29.8 Å². The summed E-state index contributed by atoms with van der Waals surface area (Å²) in [6.07, 6.45) is 0. The molecule has 0 aliphatic heterocycles. The van der Waals surface area contributed by atoms with Crippen molar-refractivity contribution in [1.82, 2.24) is 9.55 Å². The first-order valence-electron chi connectivity index (χ1n) is 8.00. The normalized spacial score (nSPS) is 11.1. The average Bonchev–Trinajstić information content (AvgIpc) is 3.01. The molecule has 0 N–H and O–H groups in total. The summed E-state index contributed by atoms with van der Waals surface area (Å²) in [5.41, 5.74) is 1.19. The Hall–Kier alpha value is -2.80. The number of aryl methyl sites for hydroxylation is 1. The van der Waals surface area contributed by atoms with Crippen LogP contribution < -0.4 is 10.3 Å². The Morgan fingerprint density at radius 3 is 2.31 bits per heavy atom. The Morgan fingerprint density at radius 2 is 1.77 bits per heavy atom. The van der Waals surface area contributed by atoms with Crippen molar-refractivity contribution in [1.29, 1.82) is 0 Å². The molecular formula is C19H18N2O4S. The molecule has 3 aromatic rings. The van der Waals surface area contributed by atoms with E-state index in [1.807, 2.05) is 29.6 Å². The van der Waals surface area contributed by atoms with Crippen molar-refractivity contribution in [3.8, 4) is 16.9 Å². The van der Waals surface area contributed by atoms with Crippen molar-refractivity contribution >= 4 is 33.1 Å². The average molecular weight is 370 g/mol. The minimum Gasteiger partial charge on any atom is -0.497 e. The summed E-state index contributed by atoms with van der Waals surface area (Å²) in [5, 5.41) is 2.28. The second-order valence-corrected chi connectivity index (χ2v) is 6.87. The van der Waals surface area contributed by atoms with Gasteiger partial charge >= 0.3 is 0 Å². The summed E-state index contributed by atoms with van der Waals surface area (Å²) in [4.78, 5) is 42.2. The van der Waals surface area contributed by atoms with Crippen LogP contribution in [0.2, 0.25) is 0 Å². The van der Waals surface area contributed by atoms with Crippen LogP contribution >= 0.6 is 11.3 Å². The van der Waals surface area contributed by atoms with E-state index in [-0.39, 0.29) is 17.1 Å². The van der Waals surface area contributed by atoms with Crippen molar-refractivity contribution in [2.75, 3.05) is 7.11 Å². The van der Waals surface area contributed by atoms with Gasteiger partial charge in [-0.05, 0) is 38.5 Å². The van der Waals surface area contributed by atoms with E-state index in [1.54, 1.807) is 14.0 Å². The van der Waals surface area contributed by atoms with E-state index in [0.717, 1.165) is 11.1 Å². The predicted molar refractivity (Wildman–Crippen MR) is 101 cm³/mol.